The number of pyridine rings is 1. The van der Waals surface area contributed by atoms with Gasteiger partial charge in [-0.2, -0.15) is 0 Å². The summed E-state index contributed by atoms with van der Waals surface area (Å²) in [6.45, 7) is 1.96. The highest BCUT2D eigenvalue weighted by Crippen LogP contribution is 2.10. The summed E-state index contributed by atoms with van der Waals surface area (Å²) in [7, 11) is -3.02. The van der Waals surface area contributed by atoms with Gasteiger partial charge in [-0.1, -0.05) is 18.8 Å². The van der Waals surface area contributed by atoms with E-state index in [2.05, 4.69) is 16.8 Å². The fraction of sp³-hybridized carbons (Fsp3) is 0.462. The molecule has 0 aliphatic heterocycles. The zero-order valence-electron chi connectivity index (χ0n) is 10.7. The molecular weight excluding hydrogens is 286 g/mol. The van der Waals surface area contributed by atoms with Gasteiger partial charge >= 0.3 is 0 Å². The van der Waals surface area contributed by atoms with Gasteiger partial charge in [-0.25, -0.2) is 8.42 Å². The van der Waals surface area contributed by atoms with Gasteiger partial charge in [-0.15, -0.1) is 11.6 Å². The van der Waals surface area contributed by atoms with E-state index in [9.17, 15) is 8.42 Å². The topological polar surface area (TPSA) is 56.3 Å². The van der Waals surface area contributed by atoms with E-state index in [-0.39, 0.29) is 24.0 Å². The van der Waals surface area contributed by atoms with Crippen molar-refractivity contribution < 1.29 is 13.2 Å². The van der Waals surface area contributed by atoms with Crippen LogP contribution < -0.4 is 4.74 Å². The van der Waals surface area contributed by atoms with E-state index in [1.165, 1.54) is 6.20 Å². The van der Waals surface area contributed by atoms with Crippen LogP contribution in [0, 0.1) is 11.8 Å². The number of aromatic nitrogens is 1. The van der Waals surface area contributed by atoms with Crippen molar-refractivity contribution in [1.82, 2.24) is 4.98 Å². The predicted octanol–water partition coefficient (Wildman–Crippen LogP) is 1.88. The number of nitrogens with zero attached hydrogens (tertiary/aromatic N) is 1. The van der Waals surface area contributed by atoms with Crippen molar-refractivity contribution >= 4 is 21.4 Å². The van der Waals surface area contributed by atoms with Crippen molar-refractivity contribution in [2.45, 2.75) is 13.3 Å². The van der Waals surface area contributed by atoms with Crippen LogP contribution in [0.1, 0.15) is 18.9 Å². The lowest BCUT2D eigenvalue weighted by atomic mass is 10.3. The number of sulfone groups is 1. The van der Waals surface area contributed by atoms with Crippen LogP contribution in [0.5, 0.6) is 5.75 Å². The number of alkyl halides is 1. The summed E-state index contributed by atoms with van der Waals surface area (Å²) >= 11 is 5.46. The Kier molecular flexibility index (Phi) is 6.68. The van der Waals surface area contributed by atoms with Crippen molar-refractivity contribution in [3.05, 3.63) is 24.0 Å². The zero-order chi connectivity index (χ0) is 14.1. The van der Waals surface area contributed by atoms with E-state index in [1.54, 1.807) is 12.3 Å². The molecule has 1 aromatic rings. The Morgan fingerprint density at radius 3 is 2.84 bits per heavy atom. The molecule has 0 aliphatic rings. The van der Waals surface area contributed by atoms with Gasteiger partial charge in [0, 0.05) is 11.8 Å². The molecule has 0 N–H and O–H groups in total. The van der Waals surface area contributed by atoms with E-state index in [4.69, 9.17) is 16.3 Å². The molecule has 1 aromatic heterocycles. The summed E-state index contributed by atoms with van der Waals surface area (Å²) in [5, 5.41) is 0. The highest BCUT2D eigenvalue weighted by Gasteiger charge is 2.09. The highest BCUT2D eigenvalue weighted by atomic mass is 35.5. The van der Waals surface area contributed by atoms with Gasteiger partial charge in [0.1, 0.15) is 12.4 Å². The number of halogens is 1. The van der Waals surface area contributed by atoms with Gasteiger partial charge in [0.05, 0.1) is 23.6 Å². The predicted molar refractivity (Wildman–Crippen MR) is 76.3 cm³/mol. The van der Waals surface area contributed by atoms with Crippen LogP contribution >= 0.6 is 11.6 Å². The minimum absolute atomic E-state index is 0.0123. The average molecular weight is 302 g/mol. The monoisotopic (exact) mass is 301 g/mol. The SMILES string of the molecule is CCCS(=O)(=O)CCOc1cncc(C#CCCl)c1. The summed E-state index contributed by atoms with van der Waals surface area (Å²) in [6.07, 6.45) is 3.74. The lowest BCUT2D eigenvalue weighted by molar-refractivity contribution is 0.339. The van der Waals surface area contributed by atoms with Gasteiger partial charge in [0.25, 0.3) is 0 Å². The molecule has 1 rings (SSSR count). The Morgan fingerprint density at radius 1 is 1.37 bits per heavy atom. The maximum atomic E-state index is 11.5. The van der Waals surface area contributed by atoms with Gasteiger partial charge in [-0.05, 0) is 12.5 Å². The van der Waals surface area contributed by atoms with Gasteiger partial charge in [-0.3, -0.25) is 4.98 Å². The zero-order valence-corrected chi connectivity index (χ0v) is 12.3. The molecule has 104 valence electrons. The molecule has 0 amide bonds. The first-order chi connectivity index (χ1) is 9.07. The second-order valence-electron chi connectivity index (χ2n) is 3.85. The second kappa shape index (κ2) is 8.03. The Balaban J connectivity index is 2.54. The van der Waals surface area contributed by atoms with Crippen LogP contribution in [0.2, 0.25) is 0 Å². The molecular formula is C13H16ClNO3S. The number of hydrogen-bond acceptors (Lipinski definition) is 4. The maximum Gasteiger partial charge on any atom is 0.153 e. The summed E-state index contributed by atoms with van der Waals surface area (Å²) in [5.74, 6) is 6.49. The Morgan fingerprint density at radius 2 is 2.16 bits per heavy atom. The van der Waals surface area contributed by atoms with Crippen molar-refractivity contribution in [2.75, 3.05) is 24.0 Å². The van der Waals surface area contributed by atoms with Crippen LogP contribution in [0.4, 0.5) is 0 Å². The smallest absolute Gasteiger partial charge is 0.153 e. The third-order valence-electron chi connectivity index (χ3n) is 2.19. The molecule has 0 atom stereocenters. The maximum absolute atomic E-state index is 11.5. The third-order valence-corrected chi connectivity index (χ3v) is 4.14. The van der Waals surface area contributed by atoms with Crippen molar-refractivity contribution in [3.8, 4) is 17.6 Å². The molecule has 0 spiro atoms. The Hall–Kier alpha value is -1.25. The first-order valence-electron chi connectivity index (χ1n) is 5.90. The van der Waals surface area contributed by atoms with Gasteiger partial charge in [0.2, 0.25) is 0 Å². The number of hydrogen-bond donors (Lipinski definition) is 0. The number of ether oxygens (including phenoxy) is 1. The summed E-state index contributed by atoms with van der Waals surface area (Å²) in [6, 6.07) is 1.71. The molecule has 19 heavy (non-hydrogen) atoms. The van der Waals surface area contributed by atoms with Crippen molar-refractivity contribution in [1.29, 1.82) is 0 Å². The van der Waals surface area contributed by atoms with Crippen molar-refractivity contribution in [3.63, 3.8) is 0 Å². The molecule has 0 saturated carbocycles. The lowest BCUT2D eigenvalue weighted by Crippen LogP contribution is -2.16. The van der Waals surface area contributed by atoms with Crippen LogP contribution in [0.25, 0.3) is 0 Å². The van der Waals surface area contributed by atoms with E-state index in [0.717, 1.165) is 0 Å². The first-order valence-corrected chi connectivity index (χ1v) is 8.26. The minimum Gasteiger partial charge on any atom is -0.491 e. The molecule has 0 unspecified atom stereocenters. The first kappa shape index (κ1) is 15.8. The van der Waals surface area contributed by atoms with Gasteiger partial charge < -0.3 is 4.74 Å². The van der Waals surface area contributed by atoms with Crippen molar-refractivity contribution in [2.24, 2.45) is 0 Å². The third kappa shape index (κ3) is 6.46. The number of rotatable bonds is 6. The summed E-state index contributed by atoms with van der Waals surface area (Å²) in [4.78, 5) is 3.97. The molecule has 0 radical (unpaired) electrons. The van der Waals surface area contributed by atoms with Crippen LogP contribution in [-0.4, -0.2) is 37.4 Å². The molecule has 6 heteroatoms. The molecule has 0 bridgehead atoms. The normalized spacial score (nSPS) is 10.6. The van der Waals surface area contributed by atoms with Crippen LogP contribution in [-0.2, 0) is 9.84 Å². The molecule has 0 saturated heterocycles. The van der Waals surface area contributed by atoms with Crippen LogP contribution in [0.15, 0.2) is 18.5 Å². The van der Waals surface area contributed by atoms with E-state index in [0.29, 0.717) is 17.7 Å². The molecule has 0 aliphatic carbocycles. The van der Waals surface area contributed by atoms with E-state index < -0.39 is 9.84 Å². The summed E-state index contributed by atoms with van der Waals surface area (Å²) < 4.78 is 28.4. The second-order valence-corrected chi connectivity index (χ2v) is 6.42. The lowest BCUT2D eigenvalue weighted by Gasteiger charge is -2.06. The highest BCUT2D eigenvalue weighted by molar-refractivity contribution is 7.91. The average Bonchev–Trinajstić information content (AvgIpc) is 2.36. The molecule has 0 aromatic carbocycles. The standard InChI is InChI=1S/C13H16ClNO3S/c1-2-7-19(16,17)8-6-18-13-9-12(4-3-5-14)10-15-11-13/h9-11H,2,5-8H2,1H3. The van der Waals surface area contributed by atoms with E-state index >= 15 is 0 Å². The van der Waals surface area contributed by atoms with Gasteiger partial charge in [0.15, 0.2) is 9.84 Å². The van der Waals surface area contributed by atoms with E-state index in [1.807, 2.05) is 6.92 Å². The quantitative estimate of drug-likeness (QED) is 0.594. The minimum atomic E-state index is -3.02. The molecule has 1 heterocycles. The summed E-state index contributed by atoms with van der Waals surface area (Å²) in [5.41, 5.74) is 0.689. The largest absolute Gasteiger partial charge is 0.491 e. The fourth-order valence-electron chi connectivity index (χ4n) is 1.40. The molecule has 0 fully saturated rings. The molecule has 4 nitrogen and oxygen atoms in total. The Bertz CT molecular complexity index is 561. The Labute approximate surface area is 119 Å². The fourth-order valence-corrected chi connectivity index (χ4v) is 2.63. The van der Waals surface area contributed by atoms with Crippen LogP contribution in [0.3, 0.4) is 0 Å².